The second kappa shape index (κ2) is 9.39. The van der Waals surface area contributed by atoms with E-state index in [0.29, 0.717) is 35.2 Å². The number of piperidine rings is 1. The number of anilines is 1. The first-order valence-electron chi connectivity index (χ1n) is 10.4. The number of para-hydroxylation sites is 1. The smallest absolute Gasteiger partial charge is 0.254 e. The molecule has 0 spiro atoms. The van der Waals surface area contributed by atoms with Crippen LogP contribution in [-0.2, 0) is 11.3 Å². The lowest BCUT2D eigenvalue weighted by molar-refractivity contribution is -0.116. The van der Waals surface area contributed by atoms with E-state index in [2.05, 4.69) is 5.32 Å². The van der Waals surface area contributed by atoms with Gasteiger partial charge in [-0.15, -0.1) is 11.8 Å². The van der Waals surface area contributed by atoms with E-state index < -0.39 is 0 Å². The molecular formula is C24H25N3O3S. The topological polar surface area (TPSA) is 71.4 Å². The van der Waals surface area contributed by atoms with Crippen molar-refractivity contribution in [2.24, 2.45) is 0 Å². The van der Waals surface area contributed by atoms with Crippen molar-refractivity contribution in [3.63, 3.8) is 0 Å². The van der Waals surface area contributed by atoms with Gasteiger partial charge in [0.1, 0.15) is 6.54 Å². The molecule has 0 saturated carbocycles. The SMILES string of the molecule is CSc1cccc(NC(=O)Cn2c(=O)cc(C(=O)N3CCCCC3)c3ccccc32)c1. The number of carbonyl (C=O) groups is 2. The molecule has 1 saturated heterocycles. The zero-order chi connectivity index (χ0) is 21.8. The predicted molar refractivity (Wildman–Crippen MR) is 125 cm³/mol. The summed E-state index contributed by atoms with van der Waals surface area (Å²) in [7, 11) is 0. The van der Waals surface area contributed by atoms with Gasteiger partial charge in [-0.2, -0.15) is 0 Å². The molecule has 1 N–H and O–H groups in total. The number of aromatic nitrogens is 1. The van der Waals surface area contributed by atoms with Gasteiger partial charge in [-0.1, -0.05) is 24.3 Å². The molecule has 7 heteroatoms. The number of likely N-dealkylation sites (tertiary alicyclic amines) is 1. The van der Waals surface area contributed by atoms with Crippen LogP contribution in [0, 0.1) is 0 Å². The van der Waals surface area contributed by atoms with Crippen LogP contribution in [0.3, 0.4) is 0 Å². The van der Waals surface area contributed by atoms with Crippen LogP contribution in [0.1, 0.15) is 29.6 Å². The Labute approximate surface area is 185 Å². The summed E-state index contributed by atoms with van der Waals surface area (Å²) in [5.74, 6) is -0.404. The molecule has 0 aliphatic carbocycles. The second-order valence-electron chi connectivity index (χ2n) is 7.63. The fourth-order valence-corrected chi connectivity index (χ4v) is 4.45. The Morgan fingerprint density at radius 3 is 2.55 bits per heavy atom. The Bertz CT molecular complexity index is 1180. The summed E-state index contributed by atoms with van der Waals surface area (Å²) in [5.41, 5.74) is 1.33. The molecule has 0 atom stereocenters. The molecule has 0 bridgehead atoms. The van der Waals surface area contributed by atoms with Gasteiger partial charge in [0.05, 0.1) is 11.1 Å². The van der Waals surface area contributed by atoms with Crippen molar-refractivity contribution >= 4 is 40.2 Å². The maximum Gasteiger partial charge on any atom is 0.254 e. The van der Waals surface area contributed by atoms with E-state index >= 15 is 0 Å². The zero-order valence-electron chi connectivity index (χ0n) is 17.5. The van der Waals surface area contributed by atoms with Crippen LogP contribution in [0.25, 0.3) is 10.9 Å². The number of fused-ring (bicyclic) bond motifs is 1. The Balaban J connectivity index is 1.64. The lowest BCUT2D eigenvalue weighted by Gasteiger charge is -2.27. The van der Waals surface area contributed by atoms with Gasteiger partial charge >= 0.3 is 0 Å². The Kier molecular flexibility index (Phi) is 6.42. The fourth-order valence-electron chi connectivity index (χ4n) is 3.99. The largest absolute Gasteiger partial charge is 0.339 e. The van der Waals surface area contributed by atoms with E-state index in [0.717, 1.165) is 24.2 Å². The molecule has 0 unspecified atom stereocenters. The first kappa shape index (κ1) is 21.2. The Hall–Kier alpha value is -3.06. The third kappa shape index (κ3) is 4.66. The number of rotatable bonds is 5. The molecule has 6 nitrogen and oxygen atoms in total. The number of benzene rings is 2. The number of nitrogens with one attached hydrogen (secondary N) is 1. The minimum Gasteiger partial charge on any atom is -0.339 e. The van der Waals surface area contributed by atoms with Crippen LogP contribution in [-0.4, -0.2) is 40.6 Å². The quantitative estimate of drug-likeness (QED) is 0.615. The van der Waals surface area contributed by atoms with Crippen molar-refractivity contribution in [1.82, 2.24) is 9.47 Å². The lowest BCUT2D eigenvalue weighted by atomic mass is 10.0. The molecule has 2 heterocycles. The number of thioether (sulfide) groups is 1. The third-order valence-corrected chi connectivity index (χ3v) is 6.27. The molecule has 2 aromatic carbocycles. The molecule has 1 aliphatic heterocycles. The molecular weight excluding hydrogens is 410 g/mol. The molecule has 4 rings (SSSR count). The highest BCUT2D eigenvalue weighted by molar-refractivity contribution is 7.98. The van der Waals surface area contributed by atoms with Crippen molar-refractivity contribution in [2.75, 3.05) is 24.7 Å². The van der Waals surface area contributed by atoms with Gasteiger partial charge in [0.15, 0.2) is 0 Å². The molecule has 1 aliphatic rings. The Morgan fingerprint density at radius 1 is 1.00 bits per heavy atom. The average molecular weight is 436 g/mol. The number of amides is 2. The monoisotopic (exact) mass is 435 g/mol. The molecule has 1 aromatic heterocycles. The van der Waals surface area contributed by atoms with E-state index in [-0.39, 0.29) is 23.9 Å². The van der Waals surface area contributed by atoms with Gasteiger partial charge in [0.2, 0.25) is 5.91 Å². The van der Waals surface area contributed by atoms with Crippen molar-refractivity contribution < 1.29 is 9.59 Å². The second-order valence-corrected chi connectivity index (χ2v) is 8.51. The summed E-state index contributed by atoms with van der Waals surface area (Å²) >= 11 is 1.59. The minimum atomic E-state index is -0.355. The maximum atomic E-state index is 13.1. The van der Waals surface area contributed by atoms with E-state index in [4.69, 9.17) is 0 Å². The standard InChI is InChI=1S/C24H25N3O3S/c1-31-18-9-7-8-17(14-18)25-22(28)16-27-21-11-4-3-10-19(21)20(15-23(27)29)24(30)26-12-5-2-6-13-26/h3-4,7-11,14-15H,2,5-6,12-13,16H2,1H3,(H,25,28). The van der Waals surface area contributed by atoms with Gasteiger partial charge in [-0.3, -0.25) is 19.0 Å². The van der Waals surface area contributed by atoms with Crippen molar-refractivity contribution in [1.29, 1.82) is 0 Å². The first-order valence-corrected chi connectivity index (χ1v) is 11.6. The molecule has 3 aromatic rings. The van der Waals surface area contributed by atoms with E-state index in [1.54, 1.807) is 17.8 Å². The van der Waals surface area contributed by atoms with Crippen molar-refractivity contribution in [3.8, 4) is 0 Å². The molecule has 1 fully saturated rings. The maximum absolute atomic E-state index is 13.1. The summed E-state index contributed by atoms with van der Waals surface area (Å²) in [5, 5.41) is 3.55. The minimum absolute atomic E-state index is 0.113. The predicted octanol–water partition coefficient (Wildman–Crippen LogP) is 3.99. The summed E-state index contributed by atoms with van der Waals surface area (Å²) in [6, 6.07) is 16.2. The number of carbonyl (C=O) groups excluding carboxylic acids is 2. The first-order chi connectivity index (χ1) is 15.1. The van der Waals surface area contributed by atoms with Crippen LogP contribution in [0.15, 0.2) is 64.3 Å². The fraction of sp³-hybridized carbons (Fsp3) is 0.292. The van der Waals surface area contributed by atoms with E-state index in [1.807, 2.05) is 53.6 Å². The third-order valence-electron chi connectivity index (χ3n) is 5.55. The number of pyridine rings is 1. The van der Waals surface area contributed by atoms with Crippen LogP contribution < -0.4 is 10.9 Å². The lowest BCUT2D eigenvalue weighted by Crippen LogP contribution is -2.37. The number of hydrogen-bond donors (Lipinski definition) is 1. The molecule has 31 heavy (non-hydrogen) atoms. The van der Waals surface area contributed by atoms with Gasteiger partial charge in [0, 0.05) is 35.1 Å². The van der Waals surface area contributed by atoms with E-state index in [1.165, 1.54) is 10.6 Å². The van der Waals surface area contributed by atoms with Crippen LogP contribution in [0.2, 0.25) is 0 Å². The highest BCUT2D eigenvalue weighted by Crippen LogP contribution is 2.22. The average Bonchev–Trinajstić information content (AvgIpc) is 2.81. The van der Waals surface area contributed by atoms with Crippen LogP contribution in [0.5, 0.6) is 0 Å². The van der Waals surface area contributed by atoms with Gasteiger partial charge in [0.25, 0.3) is 11.5 Å². The van der Waals surface area contributed by atoms with Crippen LogP contribution >= 0.6 is 11.8 Å². The summed E-state index contributed by atoms with van der Waals surface area (Å²) < 4.78 is 1.43. The zero-order valence-corrected chi connectivity index (χ0v) is 18.3. The molecule has 2 amide bonds. The number of nitrogens with zero attached hydrogens (tertiary/aromatic N) is 2. The van der Waals surface area contributed by atoms with Gasteiger partial charge in [-0.05, 0) is 49.8 Å². The number of hydrogen-bond acceptors (Lipinski definition) is 4. The van der Waals surface area contributed by atoms with Gasteiger partial charge < -0.3 is 10.2 Å². The van der Waals surface area contributed by atoms with Crippen molar-refractivity contribution in [2.45, 2.75) is 30.7 Å². The summed E-state index contributed by atoms with van der Waals surface area (Å²) in [6.07, 6.45) is 5.07. The summed E-state index contributed by atoms with van der Waals surface area (Å²) in [4.78, 5) is 41.6. The van der Waals surface area contributed by atoms with Gasteiger partial charge in [-0.25, -0.2) is 0 Å². The highest BCUT2D eigenvalue weighted by Gasteiger charge is 2.22. The van der Waals surface area contributed by atoms with E-state index in [9.17, 15) is 14.4 Å². The molecule has 160 valence electrons. The Morgan fingerprint density at radius 2 is 1.77 bits per heavy atom. The summed E-state index contributed by atoms with van der Waals surface area (Å²) in [6.45, 7) is 1.31. The highest BCUT2D eigenvalue weighted by atomic mass is 32.2. The van der Waals surface area contributed by atoms with Crippen LogP contribution in [0.4, 0.5) is 5.69 Å². The van der Waals surface area contributed by atoms with Crippen molar-refractivity contribution in [3.05, 3.63) is 70.5 Å². The normalized spacial score (nSPS) is 13.9. The molecule has 0 radical (unpaired) electrons.